The number of rotatable bonds is 3. The van der Waals surface area contributed by atoms with E-state index in [1.54, 1.807) is 18.3 Å². The number of ether oxygens (including phenoxy) is 1. The van der Waals surface area contributed by atoms with E-state index in [9.17, 15) is 5.11 Å². The number of nitrogens with two attached hydrogens (primary N) is 1. The van der Waals surface area contributed by atoms with Gasteiger partial charge in [-0.05, 0) is 24.6 Å². The molecule has 1 heterocycles. The van der Waals surface area contributed by atoms with Crippen LogP contribution < -0.4 is 10.5 Å². The van der Waals surface area contributed by atoms with E-state index in [-0.39, 0.29) is 6.61 Å². The average molecular weight is 230 g/mol. The molecule has 88 valence electrons. The lowest BCUT2D eigenvalue weighted by Gasteiger charge is -2.11. The molecule has 1 aromatic heterocycles. The van der Waals surface area contributed by atoms with Crippen molar-refractivity contribution in [1.29, 1.82) is 0 Å². The highest BCUT2D eigenvalue weighted by Crippen LogP contribution is 2.29. The number of para-hydroxylation sites is 1. The Bertz CT molecular complexity index is 527. The van der Waals surface area contributed by atoms with Crippen molar-refractivity contribution in [1.82, 2.24) is 4.98 Å². The Labute approximate surface area is 99.7 Å². The first-order valence-electron chi connectivity index (χ1n) is 5.30. The number of aromatic nitrogens is 1. The van der Waals surface area contributed by atoms with Crippen LogP contribution in [0.5, 0.6) is 11.6 Å². The molecule has 0 aliphatic carbocycles. The van der Waals surface area contributed by atoms with Gasteiger partial charge in [-0.15, -0.1) is 0 Å². The first-order valence-corrected chi connectivity index (χ1v) is 5.30. The number of benzene rings is 1. The quantitative estimate of drug-likeness (QED) is 0.848. The molecule has 3 N–H and O–H groups in total. The molecule has 2 rings (SSSR count). The van der Waals surface area contributed by atoms with Crippen molar-refractivity contribution < 1.29 is 9.84 Å². The van der Waals surface area contributed by atoms with Crippen LogP contribution in [0.15, 0.2) is 36.5 Å². The Morgan fingerprint density at radius 2 is 2.06 bits per heavy atom. The second-order valence-electron chi connectivity index (χ2n) is 3.71. The summed E-state index contributed by atoms with van der Waals surface area (Å²) in [5, 5.41) is 9.19. The SMILES string of the molecule is Cc1ccnc(Oc2ccccc2CO)c1N. The van der Waals surface area contributed by atoms with Crippen molar-refractivity contribution >= 4 is 5.69 Å². The first kappa shape index (κ1) is 11.4. The fourth-order valence-electron chi connectivity index (χ4n) is 1.46. The van der Waals surface area contributed by atoms with Crippen LogP contribution in [-0.2, 0) is 6.61 Å². The van der Waals surface area contributed by atoms with Crippen LogP contribution in [0.4, 0.5) is 5.69 Å². The zero-order valence-electron chi connectivity index (χ0n) is 9.55. The second kappa shape index (κ2) is 4.84. The lowest BCUT2D eigenvalue weighted by Crippen LogP contribution is -1.99. The highest BCUT2D eigenvalue weighted by atomic mass is 16.5. The van der Waals surface area contributed by atoms with Crippen molar-refractivity contribution in [2.24, 2.45) is 0 Å². The van der Waals surface area contributed by atoms with Gasteiger partial charge in [0, 0.05) is 11.8 Å². The zero-order chi connectivity index (χ0) is 12.3. The van der Waals surface area contributed by atoms with Gasteiger partial charge in [-0.3, -0.25) is 0 Å². The molecule has 0 bridgehead atoms. The number of nitrogens with zero attached hydrogens (tertiary/aromatic N) is 1. The van der Waals surface area contributed by atoms with Gasteiger partial charge in [0.15, 0.2) is 0 Å². The molecule has 0 amide bonds. The van der Waals surface area contributed by atoms with Crippen molar-refractivity contribution in [3.8, 4) is 11.6 Å². The van der Waals surface area contributed by atoms with Crippen LogP contribution in [0, 0.1) is 6.92 Å². The molecule has 0 saturated carbocycles. The molecule has 4 heteroatoms. The Kier molecular flexibility index (Phi) is 3.25. The molecule has 2 aromatic rings. The molecular weight excluding hydrogens is 216 g/mol. The fourth-order valence-corrected chi connectivity index (χ4v) is 1.46. The normalized spacial score (nSPS) is 10.2. The number of hydrogen-bond donors (Lipinski definition) is 2. The van der Waals surface area contributed by atoms with Crippen molar-refractivity contribution in [3.05, 3.63) is 47.7 Å². The predicted octanol–water partition coefficient (Wildman–Crippen LogP) is 2.26. The van der Waals surface area contributed by atoms with E-state index >= 15 is 0 Å². The summed E-state index contributed by atoms with van der Waals surface area (Å²) in [5.41, 5.74) is 8.00. The largest absolute Gasteiger partial charge is 0.437 e. The summed E-state index contributed by atoms with van der Waals surface area (Å²) < 4.78 is 5.62. The monoisotopic (exact) mass is 230 g/mol. The van der Waals surface area contributed by atoms with Gasteiger partial charge in [-0.1, -0.05) is 18.2 Å². The fraction of sp³-hybridized carbons (Fsp3) is 0.154. The molecule has 0 radical (unpaired) electrons. The van der Waals surface area contributed by atoms with Crippen LogP contribution in [0.2, 0.25) is 0 Å². The van der Waals surface area contributed by atoms with E-state index in [1.165, 1.54) is 0 Å². The second-order valence-corrected chi connectivity index (χ2v) is 3.71. The third-order valence-corrected chi connectivity index (χ3v) is 2.52. The molecule has 0 fully saturated rings. The lowest BCUT2D eigenvalue weighted by molar-refractivity contribution is 0.276. The number of pyridine rings is 1. The Balaban J connectivity index is 2.35. The maximum Gasteiger partial charge on any atom is 0.242 e. The van der Waals surface area contributed by atoms with E-state index < -0.39 is 0 Å². The van der Waals surface area contributed by atoms with Gasteiger partial charge in [0.25, 0.3) is 0 Å². The minimum absolute atomic E-state index is 0.0815. The van der Waals surface area contributed by atoms with E-state index in [4.69, 9.17) is 10.5 Å². The number of hydrogen-bond acceptors (Lipinski definition) is 4. The summed E-state index contributed by atoms with van der Waals surface area (Å²) in [6.45, 7) is 1.81. The molecule has 0 aliphatic heterocycles. The number of aliphatic hydroxyl groups is 1. The van der Waals surface area contributed by atoms with Gasteiger partial charge < -0.3 is 15.6 Å². The molecule has 0 unspecified atom stereocenters. The van der Waals surface area contributed by atoms with Crippen LogP contribution in [-0.4, -0.2) is 10.1 Å². The number of anilines is 1. The topological polar surface area (TPSA) is 68.4 Å². The summed E-state index contributed by atoms with van der Waals surface area (Å²) in [6, 6.07) is 9.06. The average Bonchev–Trinajstić information content (AvgIpc) is 2.35. The number of nitrogen functional groups attached to an aromatic ring is 1. The van der Waals surface area contributed by atoms with Crippen LogP contribution in [0.25, 0.3) is 0 Å². The van der Waals surface area contributed by atoms with Gasteiger partial charge >= 0.3 is 0 Å². The highest BCUT2D eigenvalue weighted by molar-refractivity contribution is 5.55. The highest BCUT2D eigenvalue weighted by Gasteiger charge is 2.08. The van der Waals surface area contributed by atoms with E-state index in [0.717, 1.165) is 5.56 Å². The molecule has 4 nitrogen and oxygen atoms in total. The van der Waals surface area contributed by atoms with Gasteiger partial charge in [0.2, 0.25) is 5.88 Å². The molecule has 0 atom stereocenters. The minimum atomic E-state index is -0.0815. The van der Waals surface area contributed by atoms with Gasteiger partial charge in [0.05, 0.1) is 12.3 Å². The summed E-state index contributed by atoms with van der Waals surface area (Å²) >= 11 is 0. The van der Waals surface area contributed by atoms with Crippen molar-refractivity contribution in [2.75, 3.05) is 5.73 Å². The van der Waals surface area contributed by atoms with E-state index in [2.05, 4.69) is 4.98 Å². The van der Waals surface area contributed by atoms with Crippen LogP contribution >= 0.6 is 0 Å². The molecule has 0 saturated heterocycles. The number of aliphatic hydroxyl groups excluding tert-OH is 1. The molecule has 1 aromatic carbocycles. The summed E-state index contributed by atoms with van der Waals surface area (Å²) in [6.07, 6.45) is 1.64. The summed E-state index contributed by atoms with van der Waals surface area (Å²) in [5.74, 6) is 0.936. The molecule has 17 heavy (non-hydrogen) atoms. The Morgan fingerprint density at radius 1 is 1.29 bits per heavy atom. The Morgan fingerprint density at radius 3 is 2.82 bits per heavy atom. The van der Waals surface area contributed by atoms with Crippen molar-refractivity contribution in [2.45, 2.75) is 13.5 Å². The Hall–Kier alpha value is -2.07. The maximum atomic E-state index is 9.19. The van der Waals surface area contributed by atoms with Crippen LogP contribution in [0.1, 0.15) is 11.1 Å². The standard InChI is InChI=1S/C13H14N2O2/c1-9-6-7-15-13(12(9)14)17-11-5-3-2-4-10(11)8-16/h2-7,16H,8,14H2,1H3. The van der Waals surface area contributed by atoms with Gasteiger partial charge in [-0.2, -0.15) is 0 Å². The third kappa shape index (κ3) is 2.37. The molecular formula is C13H14N2O2. The van der Waals surface area contributed by atoms with Gasteiger partial charge in [0.1, 0.15) is 5.75 Å². The third-order valence-electron chi connectivity index (χ3n) is 2.52. The van der Waals surface area contributed by atoms with E-state index in [1.807, 2.05) is 25.1 Å². The van der Waals surface area contributed by atoms with Gasteiger partial charge in [-0.25, -0.2) is 4.98 Å². The summed E-state index contributed by atoms with van der Waals surface area (Å²) in [7, 11) is 0. The smallest absolute Gasteiger partial charge is 0.242 e. The lowest BCUT2D eigenvalue weighted by atomic mass is 10.2. The van der Waals surface area contributed by atoms with Crippen molar-refractivity contribution in [3.63, 3.8) is 0 Å². The predicted molar refractivity (Wildman–Crippen MR) is 65.8 cm³/mol. The maximum absolute atomic E-state index is 9.19. The van der Waals surface area contributed by atoms with E-state index in [0.29, 0.717) is 22.9 Å². The molecule has 0 aliphatic rings. The number of aryl methyl sites for hydroxylation is 1. The minimum Gasteiger partial charge on any atom is -0.437 e. The molecule has 0 spiro atoms. The first-order chi connectivity index (χ1) is 8.22. The van der Waals surface area contributed by atoms with Crippen LogP contribution in [0.3, 0.4) is 0 Å². The summed E-state index contributed by atoms with van der Waals surface area (Å²) in [4.78, 5) is 4.08. The zero-order valence-corrected chi connectivity index (χ0v) is 9.55.